The lowest BCUT2D eigenvalue weighted by Crippen LogP contribution is -2.61. The molecule has 1 heterocycles. The molecule has 0 unspecified atom stereocenters. The summed E-state index contributed by atoms with van der Waals surface area (Å²) >= 11 is 3.40. The van der Waals surface area contributed by atoms with Crippen LogP contribution in [0.4, 0.5) is 0 Å². The molecular formula is C34H27BrO9. The summed E-state index contributed by atoms with van der Waals surface area (Å²) in [5.74, 6) is -2.85. The van der Waals surface area contributed by atoms with E-state index in [1.165, 1.54) is 0 Å². The molecule has 0 radical (unpaired) electrons. The molecule has 1 aliphatic heterocycles. The Balaban J connectivity index is 1.48. The van der Waals surface area contributed by atoms with Crippen molar-refractivity contribution in [3.05, 3.63) is 144 Å². The highest BCUT2D eigenvalue weighted by Gasteiger charge is 2.52. The van der Waals surface area contributed by atoms with Gasteiger partial charge in [0.1, 0.15) is 12.7 Å². The van der Waals surface area contributed by atoms with Crippen LogP contribution < -0.4 is 0 Å². The predicted molar refractivity (Wildman–Crippen MR) is 161 cm³/mol. The summed E-state index contributed by atoms with van der Waals surface area (Å²) in [4.78, 5) is 52.6. The number of esters is 4. The van der Waals surface area contributed by atoms with Crippen LogP contribution >= 0.6 is 15.9 Å². The number of hydrogen-bond acceptors (Lipinski definition) is 9. The first kappa shape index (κ1) is 30.7. The molecule has 4 aromatic carbocycles. The average Bonchev–Trinajstić information content (AvgIpc) is 3.07. The molecule has 4 aromatic rings. The van der Waals surface area contributed by atoms with Crippen molar-refractivity contribution in [3.63, 3.8) is 0 Å². The number of ether oxygens (including phenoxy) is 5. The second kappa shape index (κ2) is 14.6. The topological polar surface area (TPSA) is 114 Å². The number of carbonyl (C=O) groups is 4. The molecule has 0 amide bonds. The normalized spacial score (nSPS) is 21.0. The summed E-state index contributed by atoms with van der Waals surface area (Å²) in [7, 11) is 0. The van der Waals surface area contributed by atoms with E-state index in [0.29, 0.717) is 5.56 Å². The van der Waals surface area contributed by atoms with Gasteiger partial charge in [0.2, 0.25) is 0 Å². The van der Waals surface area contributed by atoms with Crippen LogP contribution in [0.3, 0.4) is 0 Å². The highest BCUT2D eigenvalue weighted by atomic mass is 79.9. The van der Waals surface area contributed by atoms with Crippen molar-refractivity contribution in [1.82, 2.24) is 0 Å². The van der Waals surface area contributed by atoms with E-state index >= 15 is 0 Å². The van der Waals surface area contributed by atoms with E-state index in [4.69, 9.17) is 23.7 Å². The number of rotatable bonds is 9. The van der Waals surface area contributed by atoms with Gasteiger partial charge in [-0.1, -0.05) is 88.7 Å². The standard InChI is InChI=1S/C34H27BrO9/c35-30-29(44-34(39)25-19-11-4-12-20-25)28(43-33(38)24-17-9-3-10-18-24)27(42-32(37)23-15-7-2-8-16-23)26(41-30)21-40-31(36)22-13-5-1-6-14-22/h1-20,26-30H,21H2/t26-,27+,28+,29-,30+/m1/s1. The molecule has 0 saturated carbocycles. The van der Waals surface area contributed by atoms with Gasteiger partial charge in [-0.05, 0) is 48.5 Å². The quantitative estimate of drug-likeness (QED) is 0.128. The van der Waals surface area contributed by atoms with Crippen molar-refractivity contribution in [2.75, 3.05) is 6.61 Å². The number of carbonyl (C=O) groups excluding carboxylic acids is 4. The molecule has 224 valence electrons. The summed E-state index contributed by atoms with van der Waals surface area (Å²) < 4.78 is 29.3. The smallest absolute Gasteiger partial charge is 0.338 e. The minimum absolute atomic E-state index is 0.221. The molecule has 0 aromatic heterocycles. The number of alkyl halides is 1. The monoisotopic (exact) mass is 658 g/mol. The lowest BCUT2D eigenvalue weighted by atomic mass is 9.99. The summed E-state index contributed by atoms with van der Waals surface area (Å²) in [6.07, 6.45) is -5.13. The number of hydrogen-bond donors (Lipinski definition) is 0. The molecule has 1 saturated heterocycles. The van der Waals surface area contributed by atoms with E-state index in [1.54, 1.807) is 121 Å². The highest BCUT2D eigenvalue weighted by molar-refractivity contribution is 9.09. The maximum absolute atomic E-state index is 13.3. The van der Waals surface area contributed by atoms with Gasteiger partial charge in [0.15, 0.2) is 23.3 Å². The summed E-state index contributed by atoms with van der Waals surface area (Å²) in [5, 5.41) is -1.05. The van der Waals surface area contributed by atoms with Gasteiger partial charge in [-0.15, -0.1) is 0 Å². The van der Waals surface area contributed by atoms with E-state index in [-0.39, 0.29) is 23.3 Å². The van der Waals surface area contributed by atoms with Crippen molar-refractivity contribution < 1.29 is 42.9 Å². The third-order valence-corrected chi connectivity index (χ3v) is 7.46. The van der Waals surface area contributed by atoms with Gasteiger partial charge in [0, 0.05) is 0 Å². The average molecular weight is 659 g/mol. The molecule has 0 spiro atoms. The van der Waals surface area contributed by atoms with Gasteiger partial charge in [-0.2, -0.15) is 0 Å². The Kier molecular flexibility index (Phi) is 10.2. The van der Waals surface area contributed by atoms with E-state index in [2.05, 4.69) is 15.9 Å². The Bertz CT molecular complexity index is 1570. The van der Waals surface area contributed by atoms with Crippen LogP contribution in [0.25, 0.3) is 0 Å². The molecule has 1 aliphatic rings. The van der Waals surface area contributed by atoms with E-state index in [1.807, 2.05) is 0 Å². The summed E-state index contributed by atoms with van der Waals surface area (Å²) in [6.45, 7) is -0.374. The van der Waals surface area contributed by atoms with E-state index in [0.717, 1.165) is 0 Å². The molecule has 9 nitrogen and oxygen atoms in total. The minimum Gasteiger partial charge on any atom is -0.459 e. The third kappa shape index (κ3) is 7.58. The van der Waals surface area contributed by atoms with E-state index < -0.39 is 53.3 Å². The number of halogens is 1. The van der Waals surface area contributed by atoms with Crippen molar-refractivity contribution >= 4 is 39.8 Å². The Labute approximate surface area is 261 Å². The third-order valence-electron chi connectivity index (χ3n) is 6.72. The first-order valence-electron chi connectivity index (χ1n) is 13.7. The van der Waals surface area contributed by atoms with E-state index in [9.17, 15) is 19.2 Å². The largest absolute Gasteiger partial charge is 0.459 e. The molecule has 0 aliphatic carbocycles. The summed E-state index contributed by atoms with van der Waals surface area (Å²) in [5.41, 5.74) is 0.994. The molecule has 5 atom stereocenters. The van der Waals surface area contributed by atoms with Crippen LogP contribution in [-0.4, -0.2) is 59.9 Å². The lowest BCUT2D eigenvalue weighted by molar-refractivity contribution is -0.205. The zero-order chi connectivity index (χ0) is 30.9. The zero-order valence-corrected chi connectivity index (χ0v) is 24.8. The van der Waals surface area contributed by atoms with Gasteiger partial charge in [0.05, 0.1) is 22.3 Å². The van der Waals surface area contributed by atoms with Crippen LogP contribution in [0, 0.1) is 0 Å². The molecular weight excluding hydrogens is 632 g/mol. The predicted octanol–water partition coefficient (Wildman–Crippen LogP) is 5.64. The van der Waals surface area contributed by atoms with Crippen LogP contribution in [0.2, 0.25) is 0 Å². The first-order valence-corrected chi connectivity index (χ1v) is 14.6. The second-order valence-corrected chi connectivity index (χ2v) is 10.6. The van der Waals surface area contributed by atoms with Crippen LogP contribution in [0.5, 0.6) is 0 Å². The van der Waals surface area contributed by atoms with Crippen LogP contribution in [0.15, 0.2) is 121 Å². The fraction of sp³-hybridized carbons (Fsp3) is 0.176. The van der Waals surface area contributed by atoms with Crippen molar-refractivity contribution in [3.8, 4) is 0 Å². The van der Waals surface area contributed by atoms with Gasteiger partial charge in [-0.3, -0.25) is 0 Å². The fourth-order valence-electron chi connectivity index (χ4n) is 4.51. The Hall–Kier alpha value is -4.80. The maximum atomic E-state index is 13.3. The molecule has 5 rings (SSSR count). The van der Waals surface area contributed by atoms with Crippen molar-refractivity contribution in [1.29, 1.82) is 0 Å². The van der Waals surface area contributed by atoms with Crippen molar-refractivity contribution in [2.45, 2.75) is 29.4 Å². The van der Waals surface area contributed by atoms with Gasteiger partial charge < -0.3 is 23.7 Å². The van der Waals surface area contributed by atoms with Gasteiger partial charge in [0.25, 0.3) is 0 Å². The highest BCUT2D eigenvalue weighted by Crippen LogP contribution is 2.33. The van der Waals surface area contributed by atoms with Crippen LogP contribution in [0.1, 0.15) is 41.4 Å². The zero-order valence-electron chi connectivity index (χ0n) is 23.2. The fourth-order valence-corrected chi connectivity index (χ4v) is 5.20. The minimum atomic E-state index is -1.37. The van der Waals surface area contributed by atoms with Gasteiger partial charge in [-0.25, -0.2) is 19.2 Å². The molecule has 10 heteroatoms. The Morgan fingerprint density at radius 3 is 1.25 bits per heavy atom. The first-order chi connectivity index (χ1) is 21.4. The molecule has 0 N–H and O–H groups in total. The SMILES string of the molecule is O=C(OC[C@H]1O[C@H](Br)[C@H](OC(=O)c2ccccc2)[C@@H](OC(=O)c2ccccc2)[C@H]1OC(=O)c1ccccc1)c1ccccc1. The Morgan fingerprint density at radius 1 is 0.500 bits per heavy atom. The summed E-state index contributed by atoms with van der Waals surface area (Å²) in [6, 6.07) is 32.9. The second-order valence-electron chi connectivity index (χ2n) is 9.70. The molecule has 1 fully saturated rings. The van der Waals surface area contributed by atoms with Crippen LogP contribution in [-0.2, 0) is 23.7 Å². The van der Waals surface area contributed by atoms with Gasteiger partial charge >= 0.3 is 23.9 Å². The molecule has 0 bridgehead atoms. The number of benzene rings is 4. The lowest BCUT2D eigenvalue weighted by Gasteiger charge is -2.43. The maximum Gasteiger partial charge on any atom is 0.338 e. The van der Waals surface area contributed by atoms with Crippen molar-refractivity contribution in [2.24, 2.45) is 0 Å². The molecule has 44 heavy (non-hydrogen) atoms. The Morgan fingerprint density at radius 2 is 0.841 bits per heavy atom.